The van der Waals surface area contributed by atoms with Crippen LogP contribution in [0.3, 0.4) is 0 Å². The zero-order valence-corrected chi connectivity index (χ0v) is 10.8. The van der Waals surface area contributed by atoms with Crippen molar-refractivity contribution in [2.24, 2.45) is 0 Å². The van der Waals surface area contributed by atoms with Crippen molar-refractivity contribution in [2.45, 2.75) is 13.0 Å². The van der Waals surface area contributed by atoms with E-state index in [1.165, 1.54) is 0 Å². The van der Waals surface area contributed by atoms with Crippen LogP contribution >= 0.6 is 11.6 Å². The SMILES string of the molecule is Cc1cccc(C(=O)N2CCOC(C#N)C2)c1Cl. The lowest BCUT2D eigenvalue weighted by Crippen LogP contribution is -2.45. The maximum absolute atomic E-state index is 12.3. The van der Waals surface area contributed by atoms with Gasteiger partial charge in [-0.25, -0.2) is 0 Å². The van der Waals surface area contributed by atoms with Crippen molar-refractivity contribution in [1.29, 1.82) is 5.26 Å². The number of halogens is 1. The van der Waals surface area contributed by atoms with Crippen LogP contribution in [0.2, 0.25) is 5.02 Å². The Kier molecular flexibility index (Phi) is 3.85. The summed E-state index contributed by atoms with van der Waals surface area (Å²) in [5.41, 5.74) is 1.35. The third kappa shape index (κ3) is 2.47. The minimum Gasteiger partial charge on any atom is -0.360 e. The minimum absolute atomic E-state index is 0.146. The van der Waals surface area contributed by atoms with Crippen molar-refractivity contribution in [1.82, 2.24) is 4.90 Å². The molecule has 1 aromatic carbocycles. The molecule has 1 fully saturated rings. The predicted octanol–water partition coefficient (Wildman–Crippen LogP) is 2.01. The first-order valence-electron chi connectivity index (χ1n) is 5.69. The molecular weight excluding hydrogens is 252 g/mol. The molecule has 1 aromatic rings. The Labute approximate surface area is 111 Å². The Balaban J connectivity index is 2.21. The maximum Gasteiger partial charge on any atom is 0.255 e. The third-order valence-electron chi connectivity index (χ3n) is 2.92. The van der Waals surface area contributed by atoms with Crippen molar-refractivity contribution in [3.8, 4) is 6.07 Å². The zero-order chi connectivity index (χ0) is 13.1. The summed E-state index contributed by atoms with van der Waals surface area (Å²) >= 11 is 6.13. The lowest BCUT2D eigenvalue weighted by molar-refractivity contribution is 0.00347. The Bertz CT molecular complexity index is 510. The normalized spacial score (nSPS) is 19.4. The summed E-state index contributed by atoms with van der Waals surface area (Å²) in [6.45, 7) is 3.02. The summed E-state index contributed by atoms with van der Waals surface area (Å²) in [4.78, 5) is 13.9. The van der Waals surface area contributed by atoms with Gasteiger partial charge in [-0.1, -0.05) is 23.7 Å². The molecule has 1 saturated heterocycles. The number of nitrogens with zero attached hydrogens (tertiary/aromatic N) is 2. The predicted molar refractivity (Wildman–Crippen MR) is 67.4 cm³/mol. The van der Waals surface area contributed by atoms with Crippen molar-refractivity contribution in [3.05, 3.63) is 34.3 Å². The Morgan fingerprint density at radius 1 is 1.61 bits per heavy atom. The topological polar surface area (TPSA) is 53.3 Å². The molecule has 1 heterocycles. The molecule has 1 amide bonds. The molecule has 0 radical (unpaired) electrons. The van der Waals surface area contributed by atoms with Gasteiger partial charge in [-0.3, -0.25) is 4.79 Å². The van der Waals surface area contributed by atoms with E-state index in [1.807, 2.05) is 19.1 Å². The van der Waals surface area contributed by atoms with Gasteiger partial charge < -0.3 is 9.64 Å². The number of hydrogen-bond donors (Lipinski definition) is 0. The quantitative estimate of drug-likeness (QED) is 0.780. The average molecular weight is 265 g/mol. The highest BCUT2D eigenvalue weighted by Gasteiger charge is 2.26. The molecule has 1 aliphatic rings. The van der Waals surface area contributed by atoms with Gasteiger partial charge >= 0.3 is 0 Å². The van der Waals surface area contributed by atoms with Gasteiger partial charge in [0, 0.05) is 6.54 Å². The molecule has 5 heteroatoms. The van der Waals surface area contributed by atoms with Crippen LogP contribution in [0.4, 0.5) is 0 Å². The molecule has 1 aliphatic heterocycles. The van der Waals surface area contributed by atoms with E-state index >= 15 is 0 Å². The first-order chi connectivity index (χ1) is 8.63. The van der Waals surface area contributed by atoms with Gasteiger partial charge in [0.1, 0.15) is 0 Å². The van der Waals surface area contributed by atoms with E-state index < -0.39 is 6.10 Å². The first kappa shape index (κ1) is 12.9. The van der Waals surface area contributed by atoms with Gasteiger partial charge in [0.2, 0.25) is 0 Å². The molecule has 1 atom stereocenters. The molecule has 0 bridgehead atoms. The molecule has 0 aromatic heterocycles. The molecule has 0 saturated carbocycles. The van der Waals surface area contributed by atoms with Gasteiger partial charge in [-0.15, -0.1) is 0 Å². The van der Waals surface area contributed by atoms with Crippen LogP contribution in [0.15, 0.2) is 18.2 Å². The third-order valence-corrected chi connectivity index (χ3v) is 3.42. The highest BCUT2D eigenvalue weighted by Crippen LogP contribution is 2.22. The summed E-state index contributed by atoms with van der Waals surface area (Å²) < 4.78 is 5.21. The number of ether oxygens (including phenoxy) is 1. The summed E-state index contributed by atoms with van der Waals surface area (Å²) in [5, 5.41) is 9.30. The number of carbonyl (C=O) groups excluding carboxylic acids is 1. The first-order valence-corrected chi connectivity index (χ1v) is 6.07. The Morgan fingerprint density at radius 3 is 3.11 bits per heavy atom. The number of hydrogen-bond acceptors (Lipinski definition) is 3. The second-order valence-corrected chi connectivity index (χ2v) is 4.55. The Hall–Kier alpha value is -1.57. The number of nitriles is 1. The lowest BCUT2D eigenvalue weighted by Gasteiger charge is -2.30. The molecule has 1 unspecified atom stereocenters. The molecule has 4 nitrogen and oxygen atoms in total. The number of morpholine rings is 1. The lowest BCUT2D eigenvalue weighted by atomic mass is 10.1. The number of amides is 1. The van der Waals surface area contributed by atoms with Gasteiger partial charge in [-0.05, 0) is 18.6 Å². The zero-order valence-electron chi connectivity index (χ0n) is 10.0. The second kappa shape index (κ2) is 5.38. The van der Waals surface area contributed by atoms with Gasteiger partial charge in [0.05, 0.1) is 29.8 Å². The standard InChI is InChI=1S/C13H13ClN2O2/c1-9-3-2-4-11(12(9)14)13(17)16-5-6-18-10(7-15)8-16/h2-4,10H,5-6,8H2,1H3. The van der Waals surface area contributed by atoms with Crippen LogP contribution in [0.1, 0.15) is 15.9 Å². The van der Waals surface area contributed by atoms with Crippen molar-refractivity contribution < 1.29 is 9.53 Å². The fourth-order valence-corrected chi connectivity index (χ4v) is 2.10. The van der Waals surface area contributed by atoms with Gasteiger partial charge in [0.15, 0.2) is 6.10 Å². The summed E-state index contributed by atoms with van der Waals surface area (Å²) in [6.07, 6.45) is -0.550. The summed E-state index contributed by atoms with van der Waals surface area (Å²) in [7, 11) is 0. The van der Waals surface area contributed by atoms with E-state index in [9.17, 15) is 4.79 Å². The molecular formula is C13H13ClN2O2. The average Bonchev–Trinajstić information content (AvgIpc) is 2.41. The number of benzene rings is 1. The fraction of sp³-hybridized carbons (Fsp3) is 0.385. The van der Waals surface area contributed by atoms with Crippen molar-refractivity contribution >= 4 is 17.5 Å². The number of carbonyl (C=O) groups is 1. The smallest absolute Gasteiger partial charge is 0.255 e. The maximum atomic E-state index is 12.3. The van der Waals surface area contributed by atoms with E-state index in [4.69, 9.17) is 21.6 Å². The monoisotopic (exact) mass is 264 g/mol. The highest BCUT2D eigenvalue weighted by atomic mass is 35.5. The molecule has 0 spiro atoms. The van der Waals surface area contributed by atoms with Crippen LogP contribution in [0.5, 0.6) is 0 Å². The van der Waals surface area contributed by atoms with E-state index in [-0.39, 0.29) is 5.91 Å². The van der Waals surface area contributed by atoms with Crippen LogP contribution in [-0.4, -0.2) is 36.6 Å². The van der Waals surface area contributed by atoms with Crippen molar-refractivity contribution in [3.63, 3.8) is 0 Å². The van der Waals surface area contributed by atoms with E-state index in [2.05, 4.69) is 0 Å². The fourth-order valence-electron chi connectivity index (χ4n) is 1.89. The van der Waals surface area contributed by atoms with E-state index in [1.54, 1.807) is 17.0 Å². The van der Waals surface area contributed by atoms with Gasteiger partial charge in [-0.2, -0.15) is 5.26 Å². The minimum atomic E-state index is -0.550. The van der Waals surface area contributed by atoms with Crippen LogP contribution in [0.25, 0.3) is 0 Å². The molecule has 18 heavy (non-hydrogen) atoms. The number of aryl methyl sites for hydroxylation is 1. The van der Waals surface area contributed by atoms with Crippen LogP contribution in [-0.2, 0) is 4.74 Å². The van der Waals surface area contributed by atoms with Crippen molar-refractivity contribution in [2.75, 3.05) is 19.7 Å². The number of rotatable bonds is 1. The summed E-state index contributed by atoms with van der Waals surface area (Å²) in [5.74, 6) is -0.146. The van der Waals surface area contributed by atoms with Crippen LogP contribution < -0.4 is 0 Å². The summed E-state index contributed by atoms with van der Waals surface area (Å²) in [6, 6.07) is 7.38. The second-order valence-electron chi connectivity index (χ2n) is 4.18. The molecule has 0 aliphatic carbocycles. The molecule has 94 valence electrons. The Morgan fingerprint density at radius 2 is 2.39 bits per heavy atom. The molecule has 0 N–H and O–H groups in total. The highest BCUT2D eigenvalue weighted by molar-refractivity contribution is 6.34. The van der Waals surface area contributed by atoms with Crippen LogP contribution in [0, 0.1) is 18.3 Å². The van der Waals surface area contributed by atoms with E-state index in [0.29, 0.717) is 30.3 Å². The molecule has 2 rings (SSSR count). The van der Waals surface area contributed by atoms with Gasteiger partial charge in [0.25, 0.3) is 5.91 Å². The largest absolute Gasteiger partial charge is 0.360 e. The van der Waals surface area contributed by atoms with E-state index in [0.717, 1.165) is 5.56 Å².